The Bertz CT molecular complexity index is 542. The quantitative estimate of drug-likeness (QED) is 0.877. The van der Waals surface area contributed by atoms with E-state index in [9.17, 15) is 0 Å². The van der Waals surface area contributed by atoms with Gasteiger partial charge < -0.3 is 15.1 Å². The Hall–Kier alpha value is -1.94. The first-order chi connectivity index (χ1) is 10.2. The van der Waals surface area contributed by atoms with Crippen LogP contribution in [0.3, 0.4) is 0 Å². The Balaban J connectivity index is 1.52. The fourth-order valence-corrected chi connectivity index (χ4v) is 2.92. The lowest BCUT2D eigenvalue weighted by molar-refractivity contribution is 0.237. The minimum atomic E-state index is 0.447. The van der Waals surface area contributed by atoms with Crippen molar-refractivity contribution in [2.75, 3.05) is 43.4 Å². The van der Waals surface area contributed by atoms with Gasteiger partial charge in [0, 0.05) is 50.0 Å². The summed E-state index contributed by atoms with van der Waals surface area (Å²) >= 11 is 0. The number of nitrogens with zero attached hydrogens (tertiary/aromatic N) is 2. The molecule has 4 heteroatoms. The highest BCUT2D eigenvalue weighted by molar-refractivity contribution is 5.53. The number of hydrogen-bond donors (Lipinski definition) is 1. The van der Waals surface area contributed by atoms with Gasteiger partial charge in [0.25, 0.3) is 0 Å². The molecule has 0 aliphatic carbocycles. The molecule has 0 amide bonds. The Labute approximate surface area is 126 Å². The van der Waals surface area contributed by atoms with Crippen LogP contribution in [0.4, 0.5) is 11.4 Å². The van der Waals surface area contributed by atoms with E-state index >= 15 is 0 Å². The zero-order valence-electron chi connectivity index (χ0n) is 12.5. The van der Waals surface area contributed by atoms with Crippen LogP contribution in [-0.4, -0.2) is 37.6 Å². The standard InChI is InChI=1S/C17H23N3O/c1-14(17-3-2-12-21-17)13-19-8-10-20(11-9-19)16-6-4-15(18)5-7-16/h2-7,12,14H,8-11,13,18H2,1H3. The molecule has 2 aromatic rings. The molecule has 0 saturated carbocycles. The van der Waals surface area contributed by atoms with Gasteiger partial charge in [0.2, 0.25) is 0 Å². The average molecular weight is 285 g/mol. The molecule has 4 nitrogen and oxygen atoms in total. The zero-order valence-corrected chi connectivity index (χ0v) is 12.5. The lowest BCUT2D eigenvalue weighted by Gasteiger charge is -2.37. The maximum absolute atomic E-state index is 5.74. The van der Waals surface area contributed by atoms with Crippen LogP contribution >= 0.6 is 0 Å². The maximum Gasteiger partial charge on any atom is 0.107 e. The highest BCUT2D eigenvalue weighted by Gasteiger charge is 2.20. The van der Waals surface area contributed by atoms with Crippen LogP contribution in [0.2, 0.25) is 0 Å². The number of nitrogens with two attached hydrogens (primary N) is 1. The molecule has 1 atom stereocenters. The zero-order chi connectivity index (χ0) is 14.7. The van der Waals surface area contributed by atoms with Crippen LogP contribution in [0.15, 0.2) is 47.1 Å². The van der Waals surface area contributed by atoms with Crippen molar-refractivity contribution in [3.63, 3.8) is 0 Å². The predicted octanol–water partition coefficient (Wildman–Crippen LogP) is 2.79. The number of furan rings is 1. The summed E-state index contributed by atoms with van der Waals surface area (Å²) in [5.41, 5.74) is 7.83. The van der Waals surface area contributed by atoms with Crippen molar-refractivity contribution in [2.24, 2.45) is 0 Å². The van der Waals surface area contributed by atoms with E-state index in [1.54, 1.807) is 6.26 Å². The monoisotopic (exact) mass is 285 g/mol. The number of benzene rings is 1. The fraction of sp³-hybridized carbons (Fsp3) is 0.412. The Kier molecular flexibility index (Phi) is 4.15. The Morgan fingerprint density at radius 3 is 2.43 bits per heavy atom. The molecule has 1 aliphatic heterocycles. The average Bonchev–Trinajstić information content (AvgIpc) is 3.03. The Morgan fingerprint density at radius 2 is 1.81 bits per heavy atom. The van der Waals surface area contributed by atoms with Crippen molar-refractivity contribution in [3.05, 3.63) is 48.4 Å². The number of piperazine rings is 1. The van der Waals surface area contributed by atoms with Crippen molar-refractivity contribution in [3.8, 4) is 0 Å². The van der Waals surface area contributed by atoms with Crippen LogP contribution in [0.5, 0.6) is 0 Å². The molecule has 21 heavy (non-hydrogen) atoms. The summed E-state index contributed by atoms with van der Waals surface area (Å²) in [6, 6.07) is 12.2. The van der Waals surface area contributed by atoms with Gasteiger partial charge in [0.15, 0.2) is 0 Å². The van der Waals surface area contributed by atoms with E-state index in [2.05, 4.69) is 34.9 Å². The second-order valence-electron chi connectivity index (χ2n) is 5.80. The fourth-order valence-electron chi connectivity index (χ4n) is 2.92. The van der Waals surface area contributed by atoms with Gasteiger partial charge in [0.1, 0.15) is 5.76 Å². The van der Waals surface area contributed by atoms with E-state index in [1.165, 1.54) is 5.69 Å². The number of nitrogen functional groups attached to an aromatic ring is 1. The van der Waals surface area contributed by atoms with Gasteiger partial charge in [-0.3, -0.25) is 4.90 Å². The third kappa shape index (κ3) is 3.39. The van der Waals surface area contributed by atoms with Crippen molar-refractivity contribution >= 4 is 11.4 Å². The third-order valence-electron chi connectivity index (χ3n) is 4.19. The molecule has 1 saturated heterocycles. The largest absolute Gasteiger partial charge is 0.469 e. The smallest absolute Gasteiger partial charge is 0.107 e. The molecule has 0 radical (unpaired) electrons. The molecule has 1 unspecified atom stereocenters. The molecule has 112 valence electrons. The van der Waals surface area contributed by atoms with E-state index in [-0.39, 0.29) is 0 Å². The Morgan fingerprint density at radius 1 is 1.10 bits per heavy atom. The second-order valence-corrected chi connectivity index (χ2v) is 5.80. The highest BCUT2D eigenvalue weighted by Crippen LogP contribution is 2.21. The van der Waals surface area contributed by atoms with Crippen molar-refractivity contribution in [1.82, 2.24) is 4.90 Å². The first-order valence-corrected chi connectivity index (χ1v) is 7.58. The molecule has 1 aromatic carbocycles. The van der Waals surface area contributed by atoms with E-state index < -0.39 is 0 Å². The first kappa shape index (κ1) is 14.0. The predicted molar refractivity (Wildman–Crippen MR) is 86.6 cm³/mol. The van der Waals surface area contributed by atoms with E-state index in [0.29, 0.717) is 5.92 Å². The maximum atomic E-state index is 5.74. The van der Waals surface area contributed by atoms with Gasteiger partial charge in [-0.05, 0) is 36.4 Å². The molecule has 1 fully saturated rings. The second kappa shape index (κ2) is 6.22. The van der Waals surface area contributed by atoms with Gasteiger partial charge in [-0.15, -0.1) is 0 Å². The van der Waals surface area contributed by atoms with Gasteiger partial charge >= 0.3 is 0 Å². The van der Waals surface area contributed by atoms with Gasteiger partial charge in [-0.2, -0.15) is 0 Å². The molecule has 2 N–H and O–H groups in total. The summed E-state index contributed by atoms with van der Waals surface area (Å²) in [6.07, 6.45) is 1.75. The van der Waals surface area contributed by atoms with E-state index in [1.807, 2.05) is 18.2 Å². The van der Waals surface area contributed by atoms with Crippen LogP contribution in [0.25, 0.3) is 0 Å². The lowest BCUT2D eigenvalue weighted by atomic mass is 10.1. The van der Waals surface area contributed by atoms with Gasteiger partial charge in [0.05, 0.1) is 6.26 Å². The van der Waals surface area contributed by atoms with Crippen LogP contribution in [0, 0.1) is 0 Å². The molecule has 0 bridgehead atoms. The summed E-state index contributed by atoms with van der Waals surface area (Å²) in [6.45, 7) is 7.60. The first-order valence-electron chi connectivity index (χ1n) is 7.58. The van der Waals surface area contributed by atoms with Gasteiger partial charge in [-0.1, -0.05) is 6.92 Å². The number of hydrogen-bond acceptors (Lipinski definition) is 4. The molecule has 1 aromatic heterocycles. The van der Waals surface area contributed by atoms with Crippen LogP contribution in [-0.2, 0) is 0 Å². The topological polar surface area (TPSA) is 45.6 Å². The van der Waals surface area contributed by atoms with Crippen molar-refractivity contribution in [2.45, 2.75) is 12.8 Å². The summed E-state index contributed by atoms with van der Waals surface area (Å²) in [7, 11) is 0. The minimum absolute atomic E-state index is 0.447. The molecule has 1 aliphatic rings. The third-order valence-corrected chi connectivity index (χ3v) is 4.19. The normalized spacial score (nSPS) is 17.9. The molecular formula is C17H23N3O. The molecular weight excluding hydrogens is 262 g/mol. The SMILES string of the molecule is CC(CN1CCN(c2ccc(N)cc2)CC1)c1ccco1. The minimum Gasteiger partial charge on any atom is -0.469 e. The summed E-state index contributed by atoms with van der Waals surface area (Å²) in [5, 5.41) is 0. The summed E-state index contributed by atoms with van der Waals surface area (Å²) in [4.78, 5) is 4.94. The number of rotatable bonds is 4. The van der Waals surface area contributed by atoms with Crippen LogP contribution < -0.4 is 10.6 Å². The summed E-state index contributed by atoms with van der Waals surface area (Å²) < 4.78 is 5.49. The van der Waals surface area contributed by atoms with Crippen LogP contribution in [0.1, 0.15) is 18.6 Å². The van der Waals surface area contributed by atoms with Crippen molar-refractivity contribution < 1.29 is 4.42 Å². The van der Waals surface area contributed by atoms with Gasteiger partial charge in [-0.25, -0.2) is 0 Å². The summed E-state index contributed by atoms with van der Waals surface area (Å²) in [5.74, 6) is 1.53. The molecule has 0 spiro atoms. The molecule has 2 heterocycles. The number of anilines is 2. The van der Waals surface area contributed by atoms with E-state index in [0.717, 1.165) is 44.2 Å². The molecule has 3 rings (SSSR count). The lowest BCUT2D eigenvalue weighted by Crippen LogP contribution is -2.47. The highest BCUT2D eigenvalue weighted by atomic mass is 16.3. The van der Waals surface area contributed by atoms with E-state index in [4.69, 9.17) is 10.2 Å². The van der Waals surface area contributed by atoms with Crippen molar-refractivity contribution in [1.29, 1.82) is 0 Å².